The van der Waals surface area contributed by atoms with Crippen LogP contribution in [0, 0.1) is 0 Å². The van der Waals surface area contributed by atoms with Gasteiger partial charge in [0.1, 0.15) is 13.1 Å². The molecule has 1 heterocycles. The van der Waals surface area contributed by atoms with Crippen molar-refractivity contribution in [1.82, 2.24) is 0 Å². The van der Waals surface area contributed by atoms with Gasteiger partial charge in [0, 0.05) is 6.42 Å². The second kappa shape index (κ2) is 6.56. The second-order valence-corrected chi connectivity index (χ2v) is 3.85. The predicted molar refractivity (Wildman–Crippen MR) is 58.5 cm³/mol. The fraction of sp³-hybridized carbons (Fsp3) is 0.500. The standard InChI is InChI=1S/C12H17NO.H2O/c1-2-4-12(5-3-1)6-7-13-8-10-14-11-9-13;/h1-5H,6-11H2;1H2. The Labute approximate surface area is 91.0 Å². The number of hydrogen-bond acceptors (Lipinski definition) is 2. The summed E-state index contributed by atoms with van der Waals surface area (Å²) in [5.74, 6) is 0. The molecule has 0 aromatic heterocycles. The molecule has 1 fully saturated rings. The number of morpholine rings is 1. The van der Waals surface area contributed by atoms with Crippen molar-refractivity contribution in [2.24, 2.45) is 0 Å². The van der Waals surface area contributed by atoms with Gasteiger partial charge in [-0.05, 0) is 5.56 Å². The number of quaternary nitrogens is 1. The molecular formula is C12H19NO2. The molecule has 1 aromatic rings. The largest absolute Gasteiger partial charge is 0.870 e. The van der Waals surface area contributed by atoms with Crippen LogP contribution in [0.1, 0.15) is 5.56 Å². The maximum absolute atomic E-state index is 5.33. The smallest absolute Gasteiger partial charge is 0.101 e. The number of rotatable bonds is 3. The summed E-state index contributed by atoms with van der Waals surface area (Å²) in [4.78, 5) is 1.68. The van der Waals surface area contributed by atoms with Crippen LogP contribution >= 0.6 is 0 Å². The lowest BCUT2D eigenvalue weighted by atomic mass is 10.1. The molecule has 0 spiro atoms. The van der Waals surface area contributed by atoms with Crippen LogP contribution in [0.25, 0.3) is 0 Å². The molecule has 0 aliphatic carbocycles. The Morgan fingerprint density at radius 1 is 1.07 bits per heavy atom. The number of ether oxygens (including phenoxy) is 1. The normalized spacial score (nSPS) is 17.1. The lowest BCUT2D eigenvalue weighted by Crippen LogP contribution is -3.14. The third-order valence-corrected chi connectivity index (χ3v) is 2.81. The Morgan fingerprint density at radius 3 is 2.40 bits per heavy atom. The molecule has 0 bridgehead atoms. The number of benzene rings is 1. The van der Waals surface area contributed by atoms with E-state index in [2.05, 4.69) is 30.3 Å². The van der Waals surface area contributed by atoms with Gasteiger partial charge in [0.15, 0.2) is 0 Å². The van der Waals surface area contributed by atoms with Gasteiger partial charge in [0.25, 0.3) is 0 Å². The molecule has 1 aromatic carbocycles. The van der Waals surface area contributed by atoms with Crippen molar-refractivity contribution in [2.45, 2.75) is 6.42 Å². The summed E-state index contributed by atoms with van der Waals surface area (Å²) < 4.78 is 5.33. The molecule has 0 saturated carbocycles. The summed E-state index contributed by atoms with van der Waals surface area (Å²) in [6, 6.07) is 10.7. The van der Waals surface area contributed by atoms with E-state index in [0.29, 0.717) is 0 Å². The van der Waals surface area contributed by atoms with Crippen LogP contribution in [0.3, 0.4) is 0 Å². The van der Waals surface area contributed by atoms with E-state index in [1.807, 2.05) is 0 Å². The van der Waals surface area contributed by atoms with Crippen molar-refractivity contribution in [3.05, 3.63) is 35.9 Å². The Kier molecular flexibility index (Phi) is 5.32. The lowest BCUT2D eigenvalue weighted by Gasteiger charge is -2.23. The summed E-state index contributed by atoms with van der Waals surface area (Å²) >= 11 is 0. The summed E-state index contributed by atoms with van der Waals surface area (Å²) in [5.41, 5.74) is 1.45. The van der Waals surface area contributed by atoms with Crippen LogP contribution in [0.5, 0.6) is 0 Å². The molecular weight excluding hydrogens is 190 g/mol. The van der Waals surface area contributed by atoms with Gasteiger partial charge in [0.2, 0.25) is 0 Å². The van der Waals surface area contributed by atoms with E-state index in [-0.39, 0.29) is 5.48 Å². The minimum absolute atomic E-state index is 0. The highest BCUT2D eigenvalue weighted by Crippen LogP contribution is 1.97. The zero-order valence-corrected chi connectivity index (χ0v) is 8.98. The zero-order valence-electron chi connectivity index (χ0n) is 8.98. The molecule has 0 amide bonds. The SMILES string of the molecule is [OH-].c1ccc(CC[NH+]2CCOCC2)cc1. The molecule has 15 heavy (non-hydrogen) atoms. The van der Waals surface area contributed by atoms with Gasteiger partial charge in [-0.1, -0.05) is 30.3 Å². The fourth-order valence-electron chi connectivity index (χ4n) is 1.88. The van der Waals surface area contributed by atoms with Crippen molar-refractivity contribution >= 4 is 0 Å². The average molecular weight is 209 g/mol. The Balaban J connectivity index is 0.00000112. The zero-order chi connectivity index (χ0) is 9.64. The minimum Gasteiger partial charge on any atom is -0.870 e. The molecule has 84 valence electrons. The van der Waals surface area contributed by atoms with E-state index < -0.39 is 0 Å². The van der Waals surface area contributed by atoms with Gasteiger partial charge in [-0.25, -0.2) is 0 Å². The fourth-order valence-corrected chi connectivity index (χ4v) is 1.88. The molecule has 0 radical (unpaired) electrons. The molecule has 1 aliphatic heterocycles. The summed E-state index contributed by atoms with van der Waals surface area (Å²) in [6.45, 7) is 5.46. The molecule has 2 rings (SSSR count). The van der Waals surface area contributed by atoms with Crippen molar-refractivity contribution in [2.75, 3.05) is 32.8 Å². The van der Waals surface area contributed by atoms with E-state index in [0.717, 1.165) is 13.2 Å². The molecule has 3 nitrogen and oxygen atoms in total. The van der Waals surface area contributed by atoms with Gasteiger partial charge < -0.3 is 15.1 Å². The van der Waals surface area contributed by atoms with E-state index >= 15 is 0 Å². The first-order valence-electron chi connectivity index (χ1n) is 5.40. The number of hydrogen-bond donors (Lipinski definition) is 1. The van der Waals surface area contributed by atoms with Gasteiger partial charge in [0.05, 0.1) is 19.8 Å². The topological polar surface area (TPSA) is 43.7 Å². The monoisotopic (exact) mass is 209 g/mol. The van der Waals surface area contributed by atoms with Crippen LogP contribution < -0.4 is 4.90 Å². The molecule has 1 saturated heterocycles. The van der Waals surface area contributed by atoms with E-state index in [1.54, 1.807) is 4.90 Å². The third-order valence-electron chi connectivity index (χ3n) is 2.81. The van der Waals surface area contributed by atoms with Crippen LogP contribution in [-0.2, 0) is 11.2 Å². The van der Waals surface area contributed by atoms with Crippen molar-refractivity contribution < 1.29 is 15.1 Å². The van der Waals surface area contributed by atoms with Crippen molar-refractivity contribution in [1.29, 1.82) is 0 Å². The first-order chi connectivity index (χ1) is 6.95. The Bertz CT molecular complexity index is 258. The van der Waals surface area contributed by atoms with Crippen LogP contribution in [0.4, 0.5) is 0 Å². The summed E-state index contributed by atoms with van der Waals surface area (Å²) in [6.07, 6.45) is 1.19. The maximum atomic E-state index is 5.33. The van der Waals surface area contributed by atoms with Crippen molar-refractivity contribution in [3.63, 3.8) is 0 Å². The highest BCUT2D eigenvalue weighted by atomic mass is 16.5. The van der Waals surface area contributed by atoms with Crippen LogP contribution in [0.2, 0.25) is 0 Å². The van der Waals surface area contributed by atoms with Crippen molar-refractivity contribution in [3.8, 4) is 0 Å². The van der Waals surface area contributed by atoms with Gasteiger partial charge in [-0.2, -0.15) is 0 Å². The molecule has 0 unspecified atom stereocenters. The Morgan fingerprint density at radius 2 is 1.73 bits per heavy atom. The highest BCUT2D eigenvalue weighted by Gasteiger charge is 2.12. The predicted octanol–water partition coefficient (Wildman–Crippen LogP) is -0.0326. The van der Waals surface area contributed by atoms with E-state index in [9.17, 15) is 0 Å². The quantitative estimate of drug-likeness (QED) is 0.759. The highest BCUT2D eigenvalue weighted by molar-refractivity contribution is 5.14. The number of nitrogens with one attached hydrogen (secondary N) is 1. The summed E-state index contributed by atoms with van der Waals surface area (Å²) in [7, 11) is 0. The van der Waals surface area contributed by atoms with Gasteiger partial charge >= 0.3 is 0 Å². The van der Waals surface area contributed by atoms with Crippen LogP contribution in [0.15, 0.2) is 30.3 Å². The first-order valence-corrected chi connectivity index (χ1v) is 5.40. The van der Waals surface area contributed by atoms with Crippen LogP contribution in [-0.4, -0.2) is 38.3 Å². The third kappa shape index (κ3) is 4.00. The van der Waals surface area contributed by atoms with Gasteiger partial charge in [-0.15, -0.1) is 0 Å². The van der Waals surface area contributed by atoms with E-state index in [1.165, 1.54) is 31.6 Å². The van der Waals surface area contributed by atoms with E-state index in [4.69, 9.17) is 4.74 Å². The minimum atomic E-state index is 0. The van der Waals surface area contributed by atoms with Gasteiger partial charge in [-0.3, -0.25) is 0 Å². The maximum Gasteiger partial charge on any atom is 0.101 e. The molecule has 1 aliphatic rings. The summed E-state index contributed by atoms with van der Waals surface area (Å²) in [5, 5.41) is 0. The lowest BCUT2D eigenvalue weighted by molar-refractivity contribution is -0.907. The molecule has 0 atom stereocenters. The first kappa shape index (κ1) is 12.2. The average Bonchev–Trinajstić information content (AvgIpc) is 2.29. The molecule has 3 heteroatoms. The Hall–Kier alpha value is -0.900. The molecule has 2 N–H and O–H groups in total. The second-order valence-electron chi connectivity index (χ2n) is 3.85.